The molecule has 5 heteroatoms. The number of carbonyl (C=O) groups excluding carboxylic acids is 1. The first-order valence-corrected chi connectivity index (χ1v) is 5.87. The van der Waals surface area contributed by atoms with Gasteiger partial charge in [0.25, 0.3) is 5.91 Å². The second kappa shape index (κ2) is 5.89. The van der Waals surface area contributed by atoms with Crippen LogP contribution in [0, 0.1) is 0 Å². The smallest absolute Gasteiger partial charge is 0.260 e. The number of benzene rings is 1. The van der Waals surface area contributed by atoms with Crippen LogP contribution in [0.3, 0.4) is 0 Å². The van der Waals surface area contributed by atoms with E-state index in [-0.39, 0.29) is 12.5 Å². The minimum absolute atomic E-state index is 0.0109. The van der Waals surface area contributed by atoms with Gasteiger partial charge in [-0.1, -0.05) is 11.6 Å². The quantitative estimate of drug-likeness (QED) is 0.823. The van der Waals surface area contributed by atoms with Gasteiger partial charge in [0.2, 0.25) is 0 Å². The molecule has 0 atom stereocenters. The molecule has 1 amide bonds. The minimum atomic E-state index is -0.0109. The number of rotatable bonds is 3. The summed E-state index contributed by atoms with van der Waals surface area (Å²) in [5.41, 5.74) is 0. The number of hydrogen-bond acceptors (Lipinski definition) is 3. The monoisotopic (exact) mass is 255 g/mol. The largest absolute Gasteiger partial charge is 0.484 e. The minimum Gasteiger partial charge on any atom is -0.484 e. The average molecular weight is 256 g/mol. The molecule has 0 radical (unpaired) electrons. The molecular weight excluding hydrogens is 242 g/mol. The van der Waals surface area contributed by atoms with Crippen LogP contribution >= 0.6 is 11.6 Å². The molecule has 1 aliphatic heterocycles. The summed E-state index contributed by atoms with van der Waals surface area (Å²) < 4.78 is 10.6. The maximum Gasteiger partial charge on any atom is 0.260 e. The van der Waals surface area contributed by atoms with Crippen LogP contribution in [0.2, 0.25) is 5.02 Å². The van der Waals surface area contributed by atoms with Gasteiger partial charge in [-0.25, -0.2) is 0 Å². The van der Waals surface area contributed by atoms with Crippen LogP contribution < -0.4 is 4.74 Å². The Morgan fingerprint density at radius 2 is 1.94 bits per heavy atom. The maximum atomic E-state index is 11.8. The molecule has 4 nitrogen and oxygen atoms in total. The van der Waals surface area contributed by atoms with Gasteiger partial charge in [0.05, 0.1) is 13.2 Å². The van der Waals surface area contributed by atoms with E-state index in [9.17, 15) is 4.79 Å². The van der Waals surface area contributed by atoms with E-state index in [0.29, 0.717) is 37.1 Å². The number of ether oxygens (including phenoxy) is 2. The average Bonchev–Trinajstić information content (AvgIpc) is 2.39. The maximum absolute atomic E-state index is 11.8. The van der Waals surface area contributed by atoms with Crippen LogP contribution in [0.1, 0.15) is 0 Å². The SMILES string of the molecule is O=C(COc1ccc(Cl)cc1)N1CCOCC1. The predicted octanol–water partition coefficient (Wildman–Crippen LogP) is 1.58. The number of hydrogen-bond donors (Lipinski definition) is 0. The summed E-state index contributed by atoms with van der Waals surface area (Å²) in [6.07, 6.45) is 0. The molecule has 0 aliphatic carbocycles. The lowest BCUT2D eigenvalue weighted by atomic mass is 10.3. The Hall–Kier alpha value is -1.26. The molecule has 1 heterocycles. The molecule has 1 saturated heterocycles. The fourth-order valence-electron chi connectivity index (χ4n) is 1.58. The summed E-state index contributed by atoms with van der Waals surface area (Å²) in [7, 11) is 0. The first-order valence-electron chi connectivity index (χ1n) is 5.49. The summed E-state index contributed by atoms with van der Waals surface area (Å²) in [5.74, 6) is 0.638. The summed E-state index contributed by atoms with van der Waals surface area (Å²) in [4.78, 5) is 13.5. The molecule has 0 aromatic heterocycles. The lowest BCUT2D eigenvalue weighted by Crippen LogP contribution is -2.42. The normalized spacial score (nSPS) is 15.7. The Kier molecular flexibility index (Phi) is 4.23. The van der Waals surface area contributed by atoms with Gasteiger partial charge in [0, 0.05) is 18.1 Å². The van der Waals surface area contributed by atoms with Crippen molar-refractivity contribution >= 4 is 17.5 Å². The van der Waals surface area contributed by atoms with E-state index in [2.05, 4.69) is 0 Å². The lowest BCUT2D eigenvalue weighted by molar-refractivity contribution is -0.137. The van der Waals surface area contributed by atoms with Crippen molar-refractivity contribution in [2.24, 2.45) is 0 Å². The zero-order chi connectivity index (χ0) is 12.1. The highest BCUT2D eigenvalue weighted by molar-refractivity contribution is 6.30. The number of morpholine rings is 1. The van der Waals surface area contributed by atoms with Gasteiger partial charge in [0.1, 0.15) is 5.75 Å². The Bertz CT molecular complexity index is 374. The first kappa shape index (κ1) is 12.2. The molecule has 0 unspecified atom stereocenters. The van der Waals surface area contributed by atoms with E-state index in [0.717, 1.165) is 0 Å². The van der Waals surface area contributed by atoms with Gasteiger partial charge in [-0.15, -0.1) is 0 Å². The van der Waals surface area contributed by atoms with Gasteiger partial charge in [-0.2, -0.15) is 0 Å². The molecule has 2 rings (SSSR count). The van der Waals surface area contributed by atoms with Gasteiger partial charge in [-0.3, -0.25) is 4.79 Å². The third-order valence-electron chi connectivity index (χ3n) is 2.54. The fourth-order valence-corrected chi connectivity index (χ4v) is 1.71. The molecule has 1 aromatic carbocycles. The summed E-state index contributed by atoms with van der Waals surface area (Å²) in [6, 6.07) is 6.95. The molecule has 0 N–H and O–H groups in total. The van der Waals surface area contributed by atoms with Crippen molar-refractivity contribution < 1.29 is 14.3 Å². The third kappa shape index (κ3) is 3.61. The van der Waals surface area contributed by atoms with Crippen molar-refractivity contribution in [2.45, 2.75) is 0 Å². The van der Waals surface area contributed by atoms with Crippen molar-refractivity contribution in [3.8, 4) is 5.75 Å². The number of halogens is 1. The van der Waals surface area contributed by atoms with Crippen molar-refractivity contribution in [3.05, 3.63) is 29.3 Å². The highest BCUT2D eigenvalue weighted by Crippen LogP contribution is 2.15. The predicted molar refractivity (Wildman–Crippen MR) is 64.3 cm³/mol. The van der Waals surface area contributed by atoms with Crippen LogP contribution in [0.5, 0.6) is 5.75 Å². The van der Waals surface area contributed by atoms with E-state index in [1.54, 1.807) is 29.2 Å². The van der Waals surface area contributed by atoms with E-state index in [1.165, 1.54) is 0 Å². The summed E-state index contributed by atoms with van der Waals surface area (Å²) >= 11 is 5.75. The molecule has 1 aliphatic rings. The molecule has 0 saturated carbocycles. The zero-order valence-corrected chi connectivity index (χ0v) is 10.2. The Labute approximate surface area is 105 Å². The van der Waals surface area contributed by atoms with E-state index in [4.69, 9.17) is 21.1 Å². The zero-order valence-electron chi connectivity index (χ0n) is 9.39. The Balaban J connectivity index is 1.81. The highest BCUT2D eigenvalue weighted by atomic mass is 35.5. The van der Waals surface area contributed by atoms with Gasteiger partial charge in [0.15, 0.2) is 6.61 Å². The van der Waals surface area contributed by atoms with E-state index >= 15 is 0 Å². The van der Waals surface area contributed by atoms with Crippen LogP contribution in [0.25, 0.3) is 0 Å². The lowest BCUT2D eigenvalue weighted by Gasteiger charge is -2.26. The van der Waals surface area contributed by atoms with Crippen molar-refractivity contribution in [3.63, 3.8) is 0 Å². The second-order valence-corrected chi connectivity index (χ2v) is 4.17. The van der Waals surface area contributed by atoms with Crippen LogP contribution in [-0.4, -0.2) is 43.7 Å². The Morgan fingerprint density at radius 1 is 1.29 bits per heavy atom. The third-order valence-corrected chi connectivity index (χ3v) is 2.79. The summed E-state index contributed by atoms with van der Waals surface area (Å²) in [6.45, 7) is 2.55. The van der Waals surface area contributed by atoms with E-state index in [1.807, 2.05) is 0 Å². The summed E-state index contributed by atoms with van der Waals surface area (Å²) in [5, 5.41) is 0.650. The van der Waals surface area contributed by atoms with Crippen LogP contribution in [-0.2, 0) is 9.53 Å². The molecule has 1 fully saturated rings. The van der Waals surface area contributed by atoms with Crippen molar-refractivity contribution in [2.75, 3.05) is 32.9 Å². The molecule has 1 aromatic rings. The standard InChI is InChI=1S/C12H14ClNO3/c13-10-1-3-11(4-2-10)17-9-12(15)14-5-7-16-8-6-14/h1-4H,5-9H2. The topological polar surface area (TPSA) is 38.8 Å². The van der Waals surface area contributed by atoms with Gasteiger partial charge >= 0.3 is 0 Å². The van der Waals surface area contributed by atoms with Gasteiger partial charge in [-0.05, 0) is 24.3 Å². The molecule has 92 valence electrons. The van der Waals surface area contributed by atoms with E-state index < -0.39 is 0 Å². The van der Waals surface area contributed by atoms with Crippen LogP contribution in [0.4, 0.5) is 0 Å². The molecule has 17 heavy (non-hydrogen) atoms. The van der Waals surface area contributed by atoms with Crippen LogP contribution in [0.15, 0.2) is 24.3 Å². The second-order valence-electron chi connectivity index (χ2n) is 3.74. The number of nitrogens with zero attached hydrogens (tertiary/aromatic N) is 1. The van der Waals surface area contributed by atoms with Crippen molar-refractivity contribution in [1.29, 1.82) is 0 Å². The number of amides is 1. The van der Waals surface area contributed by atoms with Gasteiger partial charge < -0.3 is 14.4 Å². The fraction of sp³-hybridized carbons (Fsp3) is 0.417. The molecular formula is C12H14ClNO3. The Morgan fingerprint density at radius 3 is 2.59 bits per heavy atom. The highest BCUT2D eigenvalue weighted by Gasteiger charge is 2.16. The molecule has 0 spiro atoms. The molecule has 0 bridgehead atoms. The first-order chi connectivity index (χ1) is 8.25. The number of carbonyl (C=O) groups is 1. The van der Waals surface area contributed by atoms with Crippen molar-refractivity contribution in [1.82, 2.24) is 4.90 Å².